The Morgan fingerprint density at radius 1 is 1.12 bits per heavy atom. The lowest BCUT2D eigenvalue weighted by Crippen LogP contribution is -2.23. The highest BCUT2D eigenvalue weighted by molar-refractivity contribution is 5.81. The fraction of sp³-hybridized carbons (Fsp3) is 0.412. The van der Waals surface area contributed by atoms with Crippen LogP contribution in [0.15, 0.2) is 24.3 Å². The smallest absolute Gasteiger partial charge is 0.418 e. The molecule has 0 unspecified atom stereocenters. The predicted octanol–water partition coefficient (Wildman–Crippen LogP) is 4.32. The van der Waals surface area contributed by atoms with Crippen LogP contribution in [0.4, 0.5) is 13.2 Å². The van der Waals surface area contributed by atoms with Crippen molar-refractivity contribution in [1.82, 2.24) is 4.98 Å². The molecule has 0 aliphatic heterocycles. The SMILES string of the molecule is O=C(O)[C@H]1CC[C@@H](c2nc3ccc(O)cc3cc2C(F)(F)F)CC1. The Morgan fingerprint density at radius 3 is 2.38 bits per heavy atom. The van der Waals surface area contributed by atoms with Gasteiger partial charge in [-0.2, -0.15) is 13.2 Å². The number of phenolic OH excluding ortho intramolecular Hbond substituents is 1. The van der Waals surface area contributed by atoms with Gasteiger partial charge in [-0.15, -0.1) is 0 Å². The summed E-state index contributed by atoms with van der Waals surface area (Å²) in [5, 5.41) is 18.7. The molecule has 1 fully saturated rings. The van der Waals surface area contributed by atoms with Crippen LogP contribution < -0.4 is 0 Å². The number of carboxylic acids is 1. The third kappa shape index (κ3) is 3.16. The summed E-state index contributed by atoms with van der Waals surface area (Å²) in [5.41, 5.74) is -0.444. The Hall–Kier alpha value is -2.31. The van der Waals surface area contributed by atoms with Crippen molar-refractivity contribution in [3.63, 3.8) is 0 Å². The minimum atomic E-state index is -4.55. The van der Waals surface area contributed by atoms with E-state index in [9.17, 15) is 23.1 Å². The van der Waals surface area contributed by atoms with Crippen LogP contribution in [-0.2, 0) is 11.0 Å². The Labute approximate surface area is 135 Å². The van der Waals surface area contributed by atoms with E-state index in [0.717, 1.165) is 6.07 Å². The molecule has 1 saturated carbocycles. The number of phenols is 1. The molecule has 0 bridgehead atoms. The number of nitrogens with zero attached hydrogens (tertiary/aromatic N) is 1. The first-order valence-electron chi connectivity index (χ1n) is 7.69. The minimum Gasteiger partial charge on any atom is -0.508 e. The van der Waals surface area contributed by atoms with Crippen molar-refractivity contribution < 1.29 is 28.2 Å². The lowest BCUT2D eigenvalue weighted by Gasteiger charge is -2.27. The number of carboxylic acid groups (broad SMARTS) is 1. The average Bonchev–Trinajstić information content (AvgIpc) is 2.53. The minimum absolute atomic E-state index is 0.0236. The van der Waals surface area contributed by atoms with Crippen molar-refractivity contribution in [2.45, 2.75) is 37.8 Å². The zero-order chi connectivity index (χ0) is 17.5. The van der Waals surface area contributed by atoms with Gasteiger partial charge in [0.2, 0.25) is 0 Å². The number of pyridine rings is 1. The number of aromatic nitrogens is 1. The summed E-state index contributed by atoms with van der Waals surface area (Å²) in [6.07, 6.45) is -3.10. The molecule has 24 heavy (non-hydrogen) atoms. The Balaban J connectivity index is 2.03. The largest absolute Gasteiger partial charge is 0.508 e. The van der Waals surface area contributed by atoms with Crippen molar-refractivity contribution in [2.24, 2.45) is 5.92 Å². The van der Waals surface area contributed by atoms with E-state index in [2.05, 4.69) is 4.98 Å². The van der Waals surface area contributed by atoms with E-state index >= 15 is 0 Å². The number of aromatic hydroxyl groups is 1. The number of carbonyl (C=O) groups is 1. The second-order valence-corrected chi connectivity index (χ2v) is 6.18. The molecule has 0 spiro atoms. The maximum absolute atomic E-state index is 13.4. The quantitative estimate of drug-likeness (QED) is 0.855. The van der Waals surface area contributed by atoms with Gasteiger partial charge in [0.15, 0.2) is 0 Å². The van der Waals surface area contributed by atoms with E-state index in [1.165, 1.54) is 18.2 Å². The lowest BCUT2D eigenvalue weighted by atomic mass is 9.79. The van der Waals surface area contributed by atoms with Gasteiger partial charge in [0.05, 0.1) is 22.7 Å². The third-order valence-electron chi connectivity index (χ3n) is 4.60. The van der Waals surface area contributed by atoms with Gasteiger partial charge in [-0.1, -0.05) is 0 Å². The zero-order valence-corrected chi connectivity index (χ0v) is 12.7. The van der Waals surface area contributed by atoms with Crippen LogP contribution in [-0.4, -0.2) is 21.2 Å². The first-order valence-corrected chi connectivity index (χ1v) is 7.69. The van der Waals surface area contributed by atoms with E-state index in [1.54, 1.807) is 0 Å². The molecule has 3 rings (SSSR count). The molecule has 1 aliphatic carbocycles. The molecule has 0 atom stereocenters. The fourth-order valence-corrected chi connectivity index (χ4v) is 3.33. The van der Waals surface area contributed by atoms with Crippen LogP contribution >= 0.6 is 0 Å². The zero-order valence-electron chi connectivity index (χ0n) is 12.7. The Bertz CT molecular complexity index is 780. The van der Waals surface area contributed by atoms with Crippen LogP contribution in [0.1, 0.15) is 42.9 Å². The first kappa shape index (κ1) is 16.5. The molecule has 128 valence electrons. The van der Waals surface area contributed by atoms with Crippen LogP contribution in [0, 0.1) is 5.92 Å². The number of hydrogen-bond acceptors (Lipinski definition) is 3. The second-order valence-electron chi connectivity index (χ2n) is 6.18. The average molecular weight is 339 g/mol. The van der Waals surface area contributed by atoms with Gasteiger partial charge in [0.25, 0.3) is 0 Å². The molecule has 7 heteroatoms. The molecule has 0 radical (unpaired) electrons. The highest BCUT2D eigenvalue weighted by atomic mass is 19.4. The summed E-state index contributed by atoms with van der Waals surface area (Å²) < 4.78 is 40.3. The first-order chi connectivity index (χ1) is 11.3. The molecule has 1 aromatic carbocycles. The molecule has 2 N–H and O–H groups in total. The van der Waals surface area contributed by atoms with Crippen molar-refractivity contribution in [3.05, 3.63) is 35.5 Å². The molecule has 0 amide bonds. The van der Waals surface area contributed by atoms with Gasteiger partial charge in [-0.05, 0) is 49.9 Å². The number of fused-ring (bicyclic) bond motifs is 1. The van der Waals surface area contributed by atoms with Crippen LogP contribution in [0.25, 0.3) is 10.9 Å². The summed E-state index contributed by atoms with van der Waals surface area (Å²) in [5.74, 6) is -1.91. The van der Waals surface area contributed by atoms with Gasteiger partial charge >= 0.3 is 12.1 Å². The number of alkyl halides is 3. The van der Waals surface area contributed by atoms with Crippen molar-refractivity contribution >= 4 is 16.9 Å². The molecule has 1 heterocycles. The molecular formula is C17H16F3NO3. The summed E-state index contributed by atoms with van der Waals surface area (Å²) in [6, 6.07) is 5.13. The molecule has 4 nitrogen and oxygen atoms in total. The number of hydrogen-bond donors (Lipinski definition) is 2. The normalized spacial score (nSPS) is 21.8. The van der Waals surface area contributed by atoms with Crippen molar-refractivity contribution in [3.8, 4) is 5.75 Å². The van der Waals surface area contributed by atoms with Crippen molar-refractivity contribution in [2.75, 3.05) is 0 Å². The van der Waals surface area contributed by atoms with Crippen LogP contribution in [0.2, 0.25) is 0 Å². The fourth-order valence-electron chi connectivity index (χ4n) is 3.33. The van der Waals surface area contributed by atoms with E-state index in [1.807, 2.05) is 0 Å². The van der Waals surface area contributed by atoms with Gasteiger partial charge in [0.1, 0.15) is 5.75 Å². The maximum Gasteiger partial charge on any atom is 0.418 e. The van der Waals surface area contributed by atoms with Gasteiger partial charge in [0, 0.05) is 11.3 Å². The number of aliphatic carboxylic acids is 1. The Morgan fingerprint density at radius 2 is 1.79 bits per heavy atom. The predicted molar refractivity (Wildman–Crippen MR) is 80.7 cm³/mol. The number of rotatable bonds is 2. The van der Waals surface area contributed by atoms with E-state index in [0.29, 0.717) is 31.2 Å². The highest BCUT2D eigenvalue weighted by Gasteiger charge is 2.38. The standard InChI is InChI=1S/C17H16F3NO3/c18-17(19,20)13-8-11-7-12(22)5-6-14(11)21-15(13)9-1-3-10(4-2-9)16(23)24/h5-10,22H,1-4H2,(H,23,24)/t9-,10+. The van der Waals surface area contributed by atoms with E-state index in [-0.39, 0.29) is 16.8 Å². The molecule has 2 aromatic rings. The third-order valence-corrected chi connectivity index (χ3v) is 4.60. The summed E-state index contributed by atoms with van der Waals surface area (Å²) in [7, 11) is 0. The van der Waals surface area contributed by atoms with Gasteiger partial charge in [-0.25, -0.2) is 0 Å². The summed E-state index contributed by atoms with van der Waals surface area (Å²) >= 11 is 0. The van der Waals surface area contributed by atoms with Gasteiger partial charge < -0.3 is 10.2 Å². The maximum atomic E-state index is 13.4. The van der Waals surface area contributed by atoms with Crippen LogP contribution in [0.3, 0.4) is 0 Å². The molecule has 0 saturated heterocycles. The lowest BCUT2D eigenvalue weighted by molar-refractivity contribution is -0.143. The monoisotopic (exact) mass is 339 g/mol. The highest BCUT2D eigenvalue weighted by Crippen LogP contribution is 2.42. The van der Waals surface area contributed by atoms with Gasteiger partial charge in [-0.3, -0.25) is 9.78 Å². The summed E-state index contributed by atoms with van der Waals surface area (Å²) in [6.45, 7) is 0. The molecule has 1 aliphatic rings. The van der Waals surface area contributed by atoms with E-state index < -0.39 is 29.5 Å². The molecular weight excluding hydrogens is 323 g/mol. The topological polar surface area (TPSA) is 70.4 Å². The number of benzene rings is 1. The Kier molecular flexibility index (Phi) is 4.11. The number of halogens is 3. The van der Waals surface area contributed by atoms with E-state index in [4.69, 9.17) is 5.11 Å². The molecule has 1 aromatic heterocycles. The second kappa shape index (κ2) is 5.96. The van der Waals surface area contributed by atoms with Crippen LogP contribution in [0.5, 0.6) is 5.75 Å². The van der Waals surface area contributed by atoms with Crippen molar-refractivity contribution in [1.29, 1.82) is 0 Å². The summed E-state index contributed by atoms with van der Waals surface area (Å²) in [4.78, 5) is 15.2.